The first-order valence-electron chi connectivity index (χ1n) is 6.58. The molecule has 0 bridgehead atoms. The third-order valence-corrected chi connectivity index (χ3v) is 2.96. The normalized spacial score (nSPS) is 14.2. The molecule has 17 heavy (non-hydrogen) atoms. The Balaban J connectivity index is 4.18. The molecule has 3 heteroatoms. The third-order valence-electron chi connectivity index (χ3n) is 2.96. The fourth-order valence-corrected chi connectivity index (χ4v) is 2.41. The Labute approximate surface area is 107 Å². The van der Waals surface area contributed by atoms with Gasteiger partial charge in [0.05, 0.1) is 0 Å². The van der Waals surface area contributed by atoms with Crippen molar-refractivity contribution < 1.29 is 4.79 Å². The number of nitrogens with one attached hydrogen (secondary N) is 1. The highest BCUT2D eigenvalue weighted by Gasteiger charge is 2.33. The van der Waals surface area contributed by atoms with Gasteiger partial charge in [-0.2, -0.15) is 0 Å². The van der Waals surface area contributed by atoms with Gasteiger partial charge >= 0.3 is 0 Å². The number of rotatable bonds is 6. The van der Waals surface area contributed by atoms with E-state index in [1.165, 1.54) is 0 Å². The van der Waals surface area contributed by atoms with E-state index < -0.39 is 0 Å². The molecule has 1 unspecified atom stereocenters. The topological polar surface area (TPSA) is 32.3 Å². The number of carbonyl (C=O) groups is 1. The summed E-state index contributed by atoms with van der Waals surface area (Å²) in [4.78, 5) is 14.3. The van der Waals surface area contributed by atoms with Crippen LogP contribution in [0.4, 0.5) is 0 Å². The van der Waals surface area contributed by atoms with Crippen molar-refractivity contribution in [1.82, 2.24) is 10.2 Å². The van der Waals surface area contributed by atoms with Crippen LogP contribution in [-0.2, 0) is 4.79 Å². The predicted molar refractivity (Wildman–Crippen MR) is 74.0 cm³/mol. The lowest BCUT2D eigenvalue weighted by molar-refractivity contribution is -0.130. The number of nitrogens with zero attached hydrogens (tertiary/aromatic N) is 1. The van der Waals surface area contributed by atoms with E-state index in [4.69, 9.17) is 0 Å². The predicted octanol–water partition coefficient (Wildman–Crippen LogP) is 2.37. The lowest BCUT2D eigenvalue weighted by Gasteiger charge is -2.32. The quantitative estimate of drug-likeness (QED) is 0.725. The second kappa shape index (κ2) is 7.00. The number of hydrogen-bond acceptors (Lipinski definition) is 2. The zero-order valence-corrected chi connectivity index (χ0v) is 12.6. The van der Waals surface area contributed by atoms with E-state index in [1.807, 2.05) is 14.1 Å². The number of amides is 1. The highest BCUT2D eigenvalue weighted by Crippen LogP contribution is 2.32. The average Bonchev–Trinajstić information content (AvgIpc) is 2.08. The molecule has 3 nitrogen and oxygen atoms in total. The third kappa shape index (κ3) is 6.67. The first-order chi connectivity index (χ1) is 7.66. The summed E-state index contributed by atoms with van der Waals surface area (Å²) in [6.07, 6.45) is 1.01. The minimum atomic E-state index is 0.0276. The van der Waals surface area contributed by atoms with Crippen molar-refractivity contribution in [3.8, 4) is 0 Å². The molecule has 0 rings (SSSR count). The maximum atomic E-state index is 12.2. The molecule has 0 aromatic carbocycles. The highest BCUT2D eigenvalue weighted by atomic mass is 16.1. The van der Waals surface area contributed by atoms with Crippen molar-refractivity contribution in [1.29, 1.82) is 0 Å². The van der Waals surface area contributed by atoms with Crippen LogP contribution in [0.15, 0.2) is 0 Å². The summed E-state index contributed by atoms with van der Waals surface area (Å²) >= 11 is 0. The van der Waals surface area contributed by atoms with Crippen LogP contribution < -0.4 is 5.32 Å². The molecule has 0 aliphatic heterocycles. The number of hydrogen-bond donors (Lipinski definition) is 1. The summed E-state index contributed by atoms with van der Waals surface area (Å²) in [5.74, 6) is 0.664. The molecule has 0 aromatic heterocycles. The summed E-state index contributed by atoms with van der Waals surface area (Å²) in [5.41, 5.74) is 0.0276. The summed E-state index contributed by atoms with van der Waals surface area (Å²) < 4.78 is 0. The largest absolute Gasteiger partial charge is 0.356 e. The van der Waals surface area contributed by atoms with Crippen LogP contribution in [0.2, 0.25) is 0 Å². The van der Waals surface area contributed by atoms with Gasteiger partial charge in [-0.15, -0.1) is 0 Å². The molecule has 0 aliphatic carbocycles. The monoisotopic (exact) mass is 242 g/mol. The van der Waals surface area contributed by atoms with Crippen LogP contribution in [0.1, 0.15) is 41.0 Å². The van der Waals surface area contributed by atoms with Gasteiger partial charge in [0.25, 0.3) is 0 Å². The molecule has 0 saturated heterocycles. The zero-order valence-electron chi connectivity index (χ0n) is 12.6. The van der Waals surface area contributed by atoms with Gasteiger partial charge in [-0.05, 0) is 38.4 Å². The second-order valence-electron chi connectivity index (χ2n) is 6.54. The van der Waals surface area contributed by atoms with Crippen LogP contribution in [0.5, 0.6) is 0 Å². The van der Waals surface area contributed by atoms with Gasteiger partial charge in [0.2, 0.25) is 5.91 Å². The Morgan fingerprint density at radius 3 is 2.12 bits per heavy atom. The minimum Gasteiger partial charge on any atom is -0.356 e. The zero-order chi connectivity index (χ0) is 13.6. The van der Waals surface area contributed by atoms with Crippen LogP contribution in [-0.4, -0.2) is 38.0 Å². The standard InChI is InChI=1S/C14H30N2O/c1-11(2)12(14(3,4)5)13(17)15-9-8-10-16(6)7/h11-12H,8-10H2,1-7H3,(H,15,17). The Morgan fingerprint density at radius 1 is 1.24 bits per heavy atom. The summed E-state index contributed by atoms with van der Waals surface area (Å²) in [6, 6.07) is 0. The molecular weight excluding hydrogens is 212 g/mol. The van der Waals surface area contributed by atoms with Crippen LogP contribution in [0, 0.1) is 17.3 Å². The van der Waals surface area contributed by atoms with E-state index >= 15 is 0 Å². The van der Waals surface area contributed by atoms with E-state index in [2.05, 4.69) is 44.8 Å². The molecule has 0 spiro atoms. The lowest BCUT2D eigenvalue weighted by Crippen LogP contribution is -2.41. The van der Waals surface area contributed by atoms with Crippen LogP contribution >= 0.6 is 0 Å². The molecule has 1 N–H and O–H groups in total. The lowest BCUT2D eigenvalue weighted by atomic mass is 9.74. The van der Waals surface area contributed by atoms with Gasteiger partial charge in [0.1, 0.15) is 0 Å². The Morgan fingerprint density at radius 2 is 1.76 bits per heavy atom. The minimum absolute atomic E-state index is 0.0276. The smallest absolute Gasteiger partial charge is 0.223 e. The molecule has 0 aliphatic rings. The second-order valence-corrected chi connectivity index (χ2v) is 6.54. The maximum Gasteiger partial charge on any atom is 0.223 e. The molecule has 102 valence electrons. The summed E-state index contributed by atoms with van der Waals surface area (Å²) in [7, 11) is 4.10. The molecule has 1 atom stereocenters. The van der Waals surface area contributed by atoms with E-state index in [0.29, 0.717) is 5.92 Å². The van der Waals surface area contributed by atoms with Crippen LogP contribution in [0.25, 0.3) is 0 Å². The van der Waals surface area contributed by atoms with Gasteiger partial charge in [-0.3, -0.25) is 4.79 Å². The van der Waals surface area contributed by atoms with E-state index in [9.17, 15) is 4.79 Å². The fraction of sp³-hybridized carbons (Fsp3) is 0.929. The highest BCUT2D eigenvalue weighted by molar-refractivity contribution is 5.79. The van der Waals surface area contributed by atoms with E-state index in [1.54, 1.807) is 0 Å². The Kier molecular flexibility index (Phi) is 6.76. The van der Waals surface area contributed by atoms with Crippen LogP contribution in [0.3, 0.4) is 0 Å². The van der Waals surface area contributed by atoms with Crippen molar-refractivity contribution in [3.63, 3.8) is 0 Å². The van der Waals surface area contributed by atoms with Gasteiger partial charge < -0.3 is 10.2 Å². The van der Waals surface area contributed by atoms with Gasteiger partial charge in [-0.25, -0.2) is 0 Å². The molecule has 0 heterocycles. The first kappa shape index (κ1) is 16.4. The Hall–Kier alpha value is -0.570. The maximum absolute atomic E-state index is 12.2. The van der Waals surface area contributed by atoms with Gasteiger partial charge in [0, 0.05) is 12.5 Å². The van der Waals surface area contributed by atoms with E-state index in [0.717, 1.165) is 19.5 Å². The average molecular weight is 242 g/mol. The van der Waals surface area contributed by atoms with Crippen molar-refractivity contribution >= 4 is 5.91 Å². The van der Waals surface area contributed by atoms with Crippen molar-refractivity contribution in [2.45, 2.75) is 41.0 Å². The molecule has 0 aromatic rings. The Bertz CT molecular complexity index is 229. The first-order valence-corrected chi connectivity index (χ1v) is 6.58. The summed E-state index contributed by atoms with van der Waals surface area (Å²) in [6.45, 7) is 12.4. The molecule has 0 saturated carbocycles. The summed E-state index contributed by atoms with van der Waals surface area (Å²) in [5, 5.41) is 3.06. The molecule has 1 amide bonds. The van der Waals surface area contributed by atoms with Gasteiger partial charge in [-0.1, -0.05) is 34.6 Å². The molecular formula is C14H30N2O. The fourth-order valence-electron chi connectivity index (χ4n) is 2.41. The van der Waals surface area contributed by atoms with E-state index in [-0.39, 0.29) is 17.2 Å². The SMILES string of the molecule is CC(C)C(C(=O)NCCCN(C)C)C(C)(C)C. The van der Waals surface area contributed by atoms with Crippen molar-refractivity contribution in [3.05, 3.63) is 0 Å². The van der Waals surface area contributed by atoms with Crippen molar-refractivity contribution in [2.24, 2.45) is 17.3 Å². The van der Waals surface area contributed by atoms with Gasteiger partial charge in [0.15, 0.2) is 0 Å². The van der Waals surface area contributed by atoms with Crippen molar-refractivity contribution in [2.75, 3.05) is 27.2 Å². The number of carbonyl (C=O) groups excluding carboxylic acids is 1. The molecule has 0 fully saturated rings. The molecule has 0 radical (unpaired) electrons.